The Morgan fingerprint density at radius 3 is 2.24 bits per heavy atom. The van der Waals surface area contributed by atoms with Crippen LogP contribution in [0.2, 0.25) is 5.02 Å². The molecule has 0 amide bonds. The highest BCUT2D eigenvalue weighted by atomic mass is 35.5. The van der Waals surface area contributed by atoms with Gasteiger partial charge in [-0.1, -0.05) is 39.3 Å². The third kappa shape index (κ3) is 3.56. The number of esters is 1. The van der Waals surface area contributed by atoms with Crippen molar-refractivity contribution in [3.8, 4) is 0 Å². The van der Waals surface area contributed by atoms with E-state index in [1.807, 2.05) is 27.7 Å². The van der Waals surface area contributed by atoms with Gasteiger partial charge in [0.1, 0.15) is 0 Å². The molecule has 0 aliphatic heterocycles. The molecule has 116 valence electrons. The zero-order chi connectivity index (χ0) is 16.4. The molecule has 0 aliphatic rings. The van der Waals surface area contributed by atoms with E-state index in [0.29, 0.717) is 17.0 Å². The van der Waals surface area contributed by atoms with Crippen molar-refractivity contribution in [3.63, 3.8) is 0 Å². The van der Waals surface area contributed by atoms with Crippen LogP contribution in [0.3, 0.4) is 0 Å². The highest BCUT2D eigenvalue weighted by molar-refractivity contribution is 6.33. The third-order valence-electron chi connectivity index (χ3n) is 3.18. The van der Waals surface area contributed by atoms with E-state index in [2.05, 4.69) is 0 Å². The summed E-state index contributed by atoms with van der Waals surface area (Å²) in [4.78, 5) is 23.8. The maximum absolute atomic E-state index is 12.1. The van der Waals surface area contributed by atoms with E-state index in [1.54, 1.807) is 6.92 Å². The topological polar surface area (TPSA) is 63.6 Å². The summed E-state index contributed by atoms with van der Waals surface area (Å²) < 4.78 is 4.98. The lowest BCUT2D eigenvalue weighted by Crippen LogP contribution is -2.23. The van der Waals surface area contributed by atoms with E-state index in [0.717, 1.165) is 5.56 Å². The average Bonchev–Trinajstić information content (AvgIpc) is 2.36. The molecule has 1 rings (SSSR count). The number of carboxylic acids is 1. The molecule has 0 heterocycles. The number of aryl methyl sites for hydroxylation is 1. The predicted molar refractivity (Wildman–Crippen MR) is 82.4 cm³/mol. The number of carbonyl (C=O) groups excluding carboxylic acids is 1. The summed E-state index contributed by atoms with van der Waals surface area (Å²) in [5.74, 6) is -1.81. The fourth-order valence-electron chi connectivity index (χ4n) is 2.27. The number of rotatable bonds is 4. The Kier molecular flexibility index (Phi) is 5.40. The van der Waals surface area contributed by atoms with Gasteiger partial charge in [-0.2, -0.15) is 0 Å². The molecule has 0 bridgehead atoms. The molecule has 0 atom stereocenters. The number of ether oxygens (including phenoxy) is 1. The second kappa shape index (κ2) is 6.48. The standard InChI is InChI=1S/C16H21ClO4/c1-6-9-8-10(15(20)21-7-2)11(14(18)19)12(13(9)17)16(3,4)5/h8H,6-7H2,1-5H3,(H,18,19). The molecule has 0 radical (unpaired) electrons. The van der Waals surface area contributed by atoms with Crippen LogP contribution in [0.5, 0.6) is 0 Å². The van der Waals surface area contributed by atoms with Crippen molar-refractivity contribution in [2.45, 2.75) is 46.5 Å². The fourth-order valence-corrected chi connectivity index (χ4v) is 2.83. The zero-order valence-electron chi connectivity index (χ0n) is 13.0. The highest BCUT2D eigenvalue weighted by Crippen LogP contribution is 2.37. The smallest absolute Gasteiger partial charge is 0.339 e. The van der Waals surface area contributed by atoms with Gasteiger partial charge in [0.2, 0.25) is 0 Å². The van der Waals surface area contributed by atoms with E-state index in [-0.39, 0.29) is 17.7 Å². The first-order chi connectivity index (χ1) is 9.65. The minimum absolute atomic E-state index is 0.0653. The molecule has 21 heavy (non-hydrogen) atoms. The van der Waals surface area contributed by atoms with Crippen molar-refractivity contribution in [1.82, 2.24) is 0 Å². The Balaban J connectivity index is 3.79. The van der Waals surface area contributed by atoms with Gasteiger partial charge in [0.15, 0.2) is 0 Å². The molecule has 1 aromatic rings. The van der Waals surface area contributed by atoms with Gasteiger partial charge in [0.25, 0.3) is 0 Å². The molecular weight excluding hydrogens is 292 g/mol. The number of hydrogen-bond acceptors (Lipinski definition) is 3. The number of carboxylic acid groups (broad SMARTS) is 1. The van der Waals surface area contributed by atoms with E-state index < -0.39 is 17.4 Å². The maximum atomic E-state index is 12.1. The van der Waals surface area contributed by atoms with Gasteiger partial charge in [0.05, 0.1) is 17.7 Å². The van der Waals surface area contributed by atoms with Crippen molar-refractivity contribution in [3.05, 3.63) is 33.3 Å². The molecule has 0 saturated carbocycles. The first kappa shape index (κ1) is 17.5. The highest BCUT2D eigenvalue weighted by Gasteiger charge is 2.31. The van der Waals surface area contributed by atoms with Crippen LogP contribution in [0, 0.1) is 0 Å². The summed E-state index contributed by atoms with van der Waals surface area (Å²) in [6, 6.07) is 1.53. The fraction of sp³-hybridized carbons (Fsp3) is 0.500. The second-order valence-corrected chi connectivity index (χ2v) is 6.15. The van der Waals surface area contributed by atoms with E-state index in [9.17, 15) is 14.7 Å². The van der Waals surface area contributed by atoms with Gasteiger partial charge in [-0.3, -0.25) is 0 Å². The van der Waals surface area contributed by atoms with Gasteiger partial charge in [-0.15, -0.1) is 0 Å². The molecule has 0 fully saturated rings. The van der Waals surface area contributed by atoms with Gasteiger partial charge in [-0.05, 0) is 36.0 Å². The lowest BCUT2D eigenvalue weighted by molar-refractivity contribution is 0.0513. The van der Waals surface area contributed by atoms with Crippen LogP contribution in [0.15, 0.2) is 6.07 Å². The van der Waals surface area contributed by atoms with Gasteiger partial charge < -0.3 is 9.84 Å². The average molecular weight is 313 g/mol. The van der Waals surface area contributed by atoms with E-state index in [1.165, 1.54) is 6.07 Å². The second-order valence-electron chi connectivity index (χ2n) is 5.78. The molecule has 0 spiro atoms. The molecule has 1 N–H and O–H groups in total. The summed E-state index contributed by atoms with van der Waals surface area (Å²) in [5, 5.41) is 9.96. The minimum atomic E-state index is -1.17. The number of benzene rings is 1. The predicted octanol–water partition coefficient (Wildman–Crippen LogP) is 4.07. The summed E-state index contributed by atoms with van der Waals surface area (Å²) in [6.45, 7) is 9.38. The van der Waals surface area contributed by atoms with Crippen molar-refractivity contribution in [2.24, 2.45) is 0 Å². The zero-order valence-corrected chi connectivity index (χ0v) is 13.8. The Hall–Kier alpha value is -1.55. The van der Waals surface area contributed by atoms with Crippen molar-refractivity contribution in [2.75, 3.05) is 6.61 Å². The van der Waals surface area contributed by atoms with Crippen molar-refractivity contribution < 1.29 is 19.4 Å². The number of halogens is 1. The molecule has 0 saturated heterocycles. The maximum Gasteiger partial charge on any atom is 0.339 e. The monoisotopic (exact) mass is 312 g/mol. The Morgan fingerprint density at radius 1 is 1.29 bits per heavy atom. The summed E-state index contributed by atoms with van der Waals surface area (Å²) in [5.41, 5.74) is 0.712. The third-order valence-corrected chi connectivity index (χ3v) is 3.61. The summed E-state index contributed by atoms with van der Waals surface area (Å²) in [7, 11) is 0. The molecule has 4 nitrogen and oxygen atoms in total. The van der Waals surface area contributed by atoms with Gasteiger partial charge >= 0.3 is 11.9 Å². The van der Waals surface area contributed by atoms with Crippen molar-refractivity contribution >= 4 is 23.5 Å². The van der Waals surface area contributed by atoms with Crippen LogP contribution >= 0.6 is 11.6 Å². The SMILES string of the molecule is CCOC(=O)c1cc(CC)c(Cl)c(C(C)(C)C)c1C(=O)O. The quantitative estimate of drug-likeness (QED) is 0.851. The molecule has 0 aliphatic carbocycles. The summed E-state index contributed by atoms with van der Waals surface area (Å²) >= 11 is 6.38. The number of aromatic carboxylic acids is 1. The minimum Gasteiger partial charge on any atom is -0.478 e. The van der Waals surface area contributed by atoms with Gasteiger partial charge in [-0.25, -0.2) is 9.59 Å². The molecule has 5 heteroatoms. The van der Waals surface area contributed by atoms with E-state index in [4.69, 9.17) is 16.3 Å². The van der Waals surface area contributed by atoms with Crippen LogP contribution in [0.1, 0.15) is 66.5 Å². The Morgan fingerprint density at radius 2 is 1.86 bits per heavy atom. The first-order valence-electron chi connectivity index (χ1n) is 6.91. The summed E-state index contributed by atoms with van der Waals surface area (Å²) in [6.07, 6.45) is 0.605. The molecular formula is C16H21ClO4. The lowest BCUT2D eigenvalue weighted by atomic mass is 9.80. The van der Waals surface area contributed by atoms with Crippen LogP contribution in [0.4, 0.5) is 0 Å². The molecule has 1 aromatic carbocycles. The van der Waals surface area contributed by atoms with Crippen molar-refractivity contribution in [1.29, 1.82) is 0 Å². The molecule has 0 aromatic heterocycles. The number of carbonyl (C=O) groups is 2. The first-order valence-corrected chi connectivity index (χ1v) is 7.29. The normalized spacial score (nSPS) is 11.3. The Bertz CT molecular complexity index is 571. The molecule has 0 unspecified atom stereocenters. The van der Waals surface area contributed by atoms with Crippen LogP contribution < -0.4 is 0 Å². The lowest BCUT2D eigenvalue weighted by Gasteiger charge is -2.26. The van der Waals surface area contributed by atoms with E-state index >= 15 is 0 Å². The largest absolute Gasteiger partial charge is 0.478 e. The van der Waals surface area contributed by atoms with Crippen LogP contribution in [0.25, 0.3) is 0 Å². The van der Waals surface area contributed by atoms with Crippen LogP contribution in [-0.4, -0.2) is 23.7 Å². The number of hydrogen-bond donors (Lipinski definition) is 1. The van der Waals surface area contributed by atoms with Gasteiger partial charge in [0, 0.05) is 5.02 Å². The Labute approximate surface area is 130 Å². The van der Waals surface area contributed by atoms with Crippen LogP contribution in [-0.2, 0) is 16.6 Å².